The first-order chi connectivity index (χ1) is 7.81. The second-order valence-electron chi connectivity index (χ2n) is 4.64. The highest BCUT2D eigenvalue weighted by Gasteiger charge is 1.99. The molecule has 0 saturated heterocycles. The second-order valence-corrected chi connectivity index (χ2v) is 5.95. The van der Waals surface area contributed by atoms with Crippen molar-refractivity contribution in [3.63, 3.8) is 0 Å². The average molecular weight is 245 g/mol. The van der Waals surface area contributed by atoms with Crippen molar-refractivity contribution < 1.29 is 0 Å². The molecule has 0 fully saturated rings. The first-order valence-electron chi connectivity index (χ1n) is 7.12. The number of hydrogen-bond donors (Lipinski definition) is 1. The Bertz CT molecular complexity index is 128. The minimum Gasteiger partial charge on any atom is -0.313 e. The van der Waals surface area contributed by atoms with E-state index in [9.17, 15) is 0 Å². The van der Waals surface area contributed by atoms with E-state index < -0.39 is 0 Å². The maximum Gasteiger partial charge on any atom is 0.0129 e. The molecule has 0 saturated carbocycles. The Hall–Kier alpha value is 0.310. The van der Waals surface area contributed by atoms with Crippen LogP contribution < -0.4 is 5.32 Å². The third kappa shape index (κ3) is 12.4. The first kappa shape index (κ1) is 16.3. The fraction of sp³-hybridized carbons (Fsp3) is 1.00. The highest BCUT2D eigenvalue weighted by atomic mass is 32.2. The highest BCUT2D eigenvalue weighted by molar-refractivity contribution is 7.99. The van der Waals surface area contributed by atoms with E-state index in [1.54, 1.807) is 0 Å². The van der Waals surface area contributed by atoms with Crippen molar-refractivity contribution in [2.24, 2.45) is 0 Å². The van der Waals surface area contributed by atoms with Crippen LogP contribution in [0.1, 0.15) is 65.7 Å². The molecule has 0 aliphatic heterocycles. The van der Waals surface area contributed by atoms with Gasteiger partial charge >= 0.3 is 0 Å². The van der Waals surface area contributed by atoms with Gasteiger partial charge in [0.15, 0.2) is 0 Å². The minimum absolute atomic E-state index is 0.685. The summed E-state index contributed by atoms with van der Waals surface area (Å²) in [5.41, 5.74) is 0. The molecule has 0 spiro atoms. The lowest BCUT2D eigenvalue weighted by Gasteiger charge is -2.12. The van der Waals surface area contributed by atoms with Crippen molar-refractivity contribution in [2.75, 3.05) is 18.1 Å². The second kappa shape index (κ2) is 13.4. The van der Waals surface area contributed by atoms with Crippen LogP contribution in [0.5, 0.6) is 0 Å². The molecule has 0 aromatic rings. The van der Waals surface area contributed by atoms with Gasteiger partial charge in [-0.15, -0.1) is 0 Å². The van der Waals surface area contributed by atoms with Gasteiger partial charge in [0.1, 0.15) is 0 Å². The van der Waals surface area contributed by atoms with E-state index in [-0.39, 0.29) is 0 Å². The molecular weight excluding hydrogens is 214 g/mol. The molecule has 2 heteroatoms. The van der Waals surface area contributed by atoms with Crippen molar-refractivity contribution in [3.05, 3.63) is 0 Å². The Balaban J connectivity index is 3.02. The lowest BCUT2D eigenvalue weighted by atomic mass is 10.1. The fourth-order valence-corrected chi connectivity index (χ4v) is 2.49. The number of unbranched alkanes of at least 4 members (excludes halogenated alkanes) is 6. The Labute approximate surface area is 107 Å². The summed E-state index contributed by atoms with van der Waals surface area (Å²) < 4.78 is 0. The number of hydrogen-bond acceptors (Lipinski definition) is 2. The number of rotatable bonds is 12. The van der Waals surface area contributed by atoms with Gasteiger partial charge < -0.3 is 5.32 Å². The van der Waals surface area contributed by atoms with Gasteiger partial charge in [-0.3, -0.25) is 0 Å². The molecule has 0 bridgehead atoms. The lowest BCUT2D eigenvalue weighted by Crippen LogP contribution is -2.29. The molecule has 0 aliphatic rings. The molecule has 0 aromatic carbocycles. The number of thioether (sulfide) groups is 1. The average Bonchev–Trinajstić information content (AvgIpc) is 2.30. The molecule has 1 nitrogen and oxygen atoms in total. The van der Waals surface area contributed by atoms with E-state index in [1.807, 2.05) is 11.8 Å². The molecule has 0 rings (SSSR count). The van der Waals surface area contributed by atoms with Gasteiger partial charge in [-0.25, -0.2) is 0 Å². The third-order valence-corrected chi connectivity index (χ3v) is 3.99. The van der Waals surface area contributed by atoms with Crippen molar-refractivity contribution in [1.82, 2.24) is 5.32 Å². The van der Waals surface area contributed by atoms with Gasteiger partial charge in [-0.05, 0) is 25.6 Å². The molecule has 16 heavy (non-hydrogen) atoms. The van der Waals surface area contributed by atoms with E-state index in [0.717, 1.165) is 0 Å². The van der Waals surface area contributed by atoms with Crippen molar-refractivity contribution >= 4 is 11.8 Å². The van der Waals surface area contributed by atoms with Crippen molar-refractivity contribution in [3.8, 4) is 0 Å². The van der Waals surface area contributed by atoms with Crippen LogP contribution in [-0.4, -0.2) is 24.1 Å². The topological polar surface area (TPSA) is 12.0 Å². The minimum atomic E-state index is 0.685. The summed E-state index contributed by atoms with van der Waals surface area (Å²) in [6.07, 6.45) is 9.84. The zero-order valence-corrected chi connectivity index (χ0v) is 12.4. The summed E-state index contributed by atoms with van der Waals surface area (Å²) in [6.45, 7) is 8.01. The summed E-state index contributed by atoms with van der Waals surface area (Å²) in [4.78, 5) is 0. The summed E-state index contributed by atoms with van der Waals surface area (Å²) in [5, 5.41) is 3.60. The largest absolute Gasteiger partial charge is 0.313 e. The van der Waals surface area contributed by atoms with E-state index in [0.29, 0.717) is 6.04 Å². The maximum atomic E-state index is 3.60. The van der Waals surface area contributed by atoms with Crippen LogP contribution in [0.3, 0.4) is 0 Å². The van der Waals surface area contributed by atoms with Gasteiger partial charge in [0.05, 0.1) is 0 Å². The van der Waals surface area contributed by atoms with Crippen LogP contribution in [0.4, 0.5) is 0 Å². The van der Waals surface area contributed by atoms with E-state index in [2.05, 4.69) is 26.1 Å². The highest BCUT2D eigenvalue weighted by Crippen LogP contribution is 2.06. The summed E-state index contributed by atoms with van der Waals surface area (Å²) >= 11 is 2.03. The van der Waals surface area contributed by atoms with Gasteiger partial charge in [0.2, 0.25) is 0 Å². The molecule has 0 heterocycles. The standard InChI is InChI=1S/C14H31NS/c1-4-6-7-8-9-10-11-12-15-14(3)13-16-5-2/h14-15H,4-13H2,1-3H3. The van der Waals surface area contributed by atoms with Crippen LogP contribution in [0.25, 0.3) is 0 Å². The predicted octanol–water partition coefficient (Wildman–Crippen LogP) is 4.47. The Morgan fingerprint density at radius 2 is 1.56 bits per heavy atom. The molecule has 0 radical (unpaired) electrons. The van der Waals surface area contributed by atoms with E-state index in [4.69, 9.17) is 0 Å². The van der Waals surface area contributed by atoms with Gasteiger partial charge in [0.25, 0.3) is 0 Å². The summed E-state index contributed by atoms with van der Waals surface area (Å²) in [7, 11) is 0. The zero-order valence-electron chi connectivity index (χ0n) is 11.6. The van der Waals surface area contributed by atoms with Crippen LogP contribution in [0.15, 0.2) is 0 Å². The summed E-state index contributed by atoms with van der Waals surface area (Å²) in [6, 6.07) is 0.685. The third-order valence-electron chi connectivity index (χ3n) is 2.85. The monoisotopic (exact) mass is 245 g/mol. The Kier molecular flexibility index (Phi) is 13.6. The molecule has 0 amide bonds. The smallest absolute Gasteiger partial charge is 0.0129 e. The molecule has 0 aliphatic carbocycles. The molecular formula is C14H31NS. The fourth-order valence-electron chi connectivity index (χ4n) is 1.78. The van der Waals surface area contributed by atoms with Crippen LogP contribution in [-0.2, 0) is 0 Å². The van der Waals surface area contributed by atoms with Crippen molar-refractivity contribution in [1.29, 1.82) is 0 Å². The van der Waals surface area contributed by atoms with E-state index >= 15 is 0 Å². The van der Waals surface area contributed by atoms with Crippen molar-refractivity contribution in [2.45, 2.75) is 71.8 Å². The number of nitrogens with one attached hydrogen (secondary N) is 1. The molecule has 1 atom stereocenters. The van der Waals surface area contributed by atoms with Gasteiger partial charge in [0, 0.05) is 11.8 Å². The molecule has 1 N–H and O–H groups in total. The normalized spacial score (nSPS) is 12.9. The lowest BCUT2D eigenvalue weighted by molar-refractivity contribution is 0.534. The SMILES string of the molecule is CCCCCCCCCNC(C)CSCC. The molecule has 98 valence electrons. The summed E-state index contributed by atoms with van der Waals surface area (Å²) in [5.74, 6) is 2.50. The molecule has 0 aromatic heterocycles. The van der Waals surface area contributed by atoms with Gasteiger partial charge in [-0.1, -0.05) is 52.4 Å². The van der Waals surface area contributed by atoms with Crippen LogP contribution >= 0.6 is 11.8 Å². The molecule has 1 unspecified atom stereocenters. The first-order valence-corrected chi connectivity index (χ1v) is 8.27. The quantitative estimate of drug-likeness (QED) is 0.509. The van der Waals surface area contributed by atoms with E-state index in [1.165, 1.54) is 63.0 Å². The zero-order chi connectivity index (χ0) is 12.1. The predicted molar refractivity (Wildman–Crippen MR) is 78.5 cm³/mol. The van der Waals surface area contributed by atoms with Crippen LogP contribution in [0.2, 0.25) is 0 Å². The Morgan fingerprint density at radius 3 is 2.19 bits per heavy atom. The maximum absolute atomic E-state index is 3.60. The van der Waals surface area contributed by atoms with Crippen LogP contribution in [0, 0.1) is 0 Å². The van der Waals surface area contributed by atoms with Gasteiger partial charge in [-0.2, -0.15) is 11.8 Å². The Morgan fingerprint density at radius 1 is 0.938 bits per heavy atom.